The molecule has 0 unspecified atom stereocenters. The van der Waals surface area contributed by atoms with Crippen LogP contribution in [0.1, 0.15) is 4.88 Å². The standard InChI is InChI=1S/C11H7BrF2N2O2S3/c12-5-3-7(14)8(4-6(5)13)16-21(17,18)10-2-1-9(20-10)11(15)19/h1-4,16H,(H2,15,19). The van der Waals surface area contributed by atoms with E-state index in [-0.39, 0.29) is 13.7 Å². The van der Waals surface area contributed by atoms with Crippen molar-refractivity contribution in [2.75, 3.05) is 4.72 Å². The van der Waals surface area contributed by atoms with E-state index in [0.717, 1.165) is 23.5 Å². The van der Waals surface area contributed by atoms with E-state index in [9.17, 15) is 17.2 Å². The fraction of sp³-hybridized carbons (Fsp3) is 0. The molecule has 2 aromatic rings. The molecule has 0 bridgehead atoms. The van der Waals surface area contributed by atoms with Gasteiger partial charge in [0, 0.05) is 6.07 Å². The summed E-state index contributed by atoms with van der Waals surface area (Å²) in [5, 5.41) is 0. The van der Waals surface area contributed by atoms with Gasteiger partial charge >= 0.3 is 0 Å². The van der Waals surface area contributed by atoms with Crippen LogP contribution >= 0.6 is 39.5 Å². The van der Waals surface area contributed by atoms with Gasteiger partial charge in [0.05, 0.1) is 15.0 Å². The fourth-order valence-corrected chi connectivity index (χ4v) is 4.12. The minimum absolute atomic E-state index is 0.0577. The molecule has 112 valence electrons. The van der Waals surface area contributed by atoms with Gasteiger partial charge in [-0.2, -0.15) is 0 Å². The molecule has 0 saturated carbocycles. The van der Waals surface area contributed by atoms with Crippen LogP contribution in [-0.2, 0) is 10.0 Å². The van der Waals surface area contributed by atoms with Gasteiger partial charge in [-0.05, 0) is 34.1 Å². The summed E-state index contributed by atoms with van der Waals surface area (Å²) >= 11 is 8.38. The van der Waals surface area contributed by atoms with Crippen molar-refractivity contribution in [3.8, 4) is 0 Å². The highest BCUT2D eigenvalue weighted by atomic mass is 79.9. The predicted molar refractivity (Wildman–Crippen MR) is 85.1 cm³/mol. The lowest BCUT2D eigenvalue weighted by Gasteiger charge is -2.08. The third kappa shape index (κ3) is 3.57. The lowest BCUT2D eigenvalue weighted by molar-refractivity contribution is 0.592. The highest BCUT2D eigenvalue weighted by Gasteiger charge is 2.20. The van der Waals surface area contributed by atoms with E-state index in [1.165, 1.54) is 12.1 Å². The minimum atomic E-state index is -4.05. The van der Waals surface area contributed by atoms with Crippen molar-refractivity contribution in [1.82, 2.24) is 0 Å². The van der Waals surface area contributed by atoms with Crippen LogP contribution in [0.5, 0.6) is 0 Å². The summed E-state index contributed by atoms with van der Waals surface area (Å²) in [5.41, 5.74) is 4.91. The summed E-state index contributed by atoms with van der Waals surface area (Å²) in [6, 6.07) is 4.32. The molecule has 10 heteroatoms. The first-order valence-electron chi connectivity index (χ1n) is 5.27. The summed E-state index contributed by atoms with van der Waals surface area (Å²) < 4.78 is 53.0. The second-order valence-corrected chi connectivity index (χ2v) is 8.12. The van der Waals surface area contributed by atoms with Gasteiger partial charge in [0.1, 0.15) is 20.8 Å². The molecule has 1 aromatic heterocycles. The summed E-state index contributed by atoms with van der Waals surface area (Å²) in [6.45, 7) is 0. The van der Waals surface area contributed by atoms with Gasteiger partial charge in [-0.1, -0.05) is 12.2 Å². The molecule has 0 aliphatic heterocycles. The maximum Gasteiger partial charge on any atom is 0.271 e. The van der Waals surface area contributed by atoms with E-state index in [1.807, 2.05) is 4.72 Å². The number of hydrogen-bond acceptors (Lipinski definition) is 4. The lowest BCUT2D eigenvalue weighted by Crippen LogP contribution is -2.13. The zero-order valence-electron chi connectivity index (χ0n) is 10.1. The molecule has 3 N–H and O–H groups in total. The van der Waals surface area contributed by atoms with Crippen molar-refractivity contribution in [3.63, 3.8) is 0 Å². The van der Waals surface area contributed by atoms with E-state index in [0.29, 0.717) is 4.88 Å². The average Bonchev–Trinajstić information content (AvgIpc) is 2.86. The highest BCUT2D eigenvalue weighted by Crippen LogP contribution is 2.28. The van der Waals surface area contributed by atoms with Gasteiger partial charge in [0.2, 0.25) is 0 Å². The van der Waals surface area contributed by atoms with Crippen molar-refractivity contribution in [3.05, 3.63) is 45.2 Å². The Morgan fingerprint density at radius 1 is 1.29 bits per heavy atom. The number of anilines is 1. The molecule has 4 nitrogen and oxygen atoms in total. The molecule has 21 heavy (non-hydrogen) atoms. The number of hydrogen-bond donors (Lipinski definition) is 2. The number of nitrogens with two attached hydrogens (primary N) is 1. The Kier molecular flexibility index (Phi) is 4.61. The molecule has 1 heterocycles. The quantitative estimate of drug-likeness (QED) is 0.597. The van der Waals surface area contributed by atoms with Gasteiger partial charge in [0.15, 0.2) is 0 Å². The summed E-state index contributed by atoms with van der Waals surface area (Å²) in [4.78, 5) is 0.468. The second kappa shape index (κ2) is 5.95. The van der Waals surface area contributed by atoms with E-state index < -0.39 is 27.3 Å². The van der Waals surface area contributed by atoms with Crippen molar-refractivity contribution in [2.45, 2.75) is 4.21 Å². The molecular weight excluding hydrogens is 406 g/mol. The summed E-state index contributed by atoms with van der Waals surface area (Å²) in [7, 11) is -4.05. The Morgan fingerprint density at radius 3 is 2.52 bits per heavy atom. The number of thiocarbonyl (C=S) groups is 1. The van der Waals surface area contributed by atoms with Crippen LogP contribution in [-0.4, -0.2) is 13.4 Å². The number of benzene rings is 1. The third-order valence-corrected chi connectivity index (χ3v) is 6.28. The number of nitrogens with one attached hydrogen (secondary N) is 1. The molecule has 2 rings (SSSR count). The number of sulfonamides is 1. The summed E-state index contributed by atoms with van der Waals surface area (Å²) in [5.74, 6) is -1.69. The largest absolute Gasteiger partial charge is 0.389 e. The van der Waals surface area contributed by atoms with Gasteiger partial charge in [-0.3, -0.25) is 4.72 Å². The van der Waals surface area contributed by atoms with Crippen molar-refractivity contribution in [1.29, 1.82) is 0 Å². The lowest BCUT2D eigenvalue weighted by atomic mass is 10.3. The maximum absolute atomic E-state index is 13.6. The van der Waals surface area contributed by atoms with Crippen LogP contribution in [0.4, 0.5) is 14.5 Å². The molecule has 0 radical (unpaired) electrons. The Morgan fingerprint density at radius 2 is 1.95 bits per heavy atom. The molecular formula is C11H7BrF2N2O2S3. The van der Waals surface area contributed by atoms with Crippen LogP contribution in [0.3, 0.4) is 0 Å². The topological polar surface area (TPSA) is 72.2 Å². The SMILES string of the molecule is NC(=S)c1ccc(S(=O)(=O)Nc2cc(F)c(Br)cc2F)s1. The van der Waals surface area contributed by atoms with Crippen molar-refractivity contribution >= 4 is 60.2 Å². The molecule has 0 saturated heterocycles. The normalized spacial score (nSPS) is 11.4. The number of halogens is 3. The van der Waals surface area contributed by atoms with Gasteiger partial charge in [-0.25, -0.2) is 17.2 Å². The van der Waals surface area contributed by atoms with Crippen LogP contribution in [0.2, 0.25) is 0 Å². The van der Waals surface area contributed by atoms with E-state index in [4.69, 9.17) is 18.0 Å². The molecule has 0 aliphatic rings. The van der Waals surface area contributed by atoms with Crippen molar-refractivity contribution in [2.24, 2.45) is 5.73 Å². The van der Waals surface area contributed by atoms with Crippen molar-refractivity contribution < 1.29 is 17.2 Å². The summed E-state index contributed by atoms with van der Waals surface area (Å²) in [6.07, 6.45) is 0. The molecule has 0 aliphatic carbocycles. The van der Waals surface area contributed by atoms with Crippen LogP contribution in [0.25, 0.3) is 0 Å². The maximum atomic E-state index is 13.6. The molecule has 0 spiro atoms. The van der Waals surface area contributed by atoms with E-state index in [1.54, 1.807) is 0 Å². The van der Waals surface area contributed by atoms with Gasteiger partial charge in [0.25, 0.3) is 10.0 Å². The van der Waals surface area contributed by atoms with Gasteiger partial charge in [-0.15, -0.1) is 11.3 Å². The highest BCUT2D eigenvalue weighted by molar-refractivity contribution is 9.10. The van der Waals surface area contributed by atoms with Gasteiger partial charge < -0.3 is 5.73 Å². The third-order valence-electron chi connectivity index (χ3n) is 2.34. The Hall–Kier alpha value is -1.10. The first-order valence-corrected chi connectivity index (χ1v) is 8.78. The Bertz CT molecular complexity index is 821. The monoisotopic (exact) mass is 412 g/mol. The predicted octanol–water partition coefficient (Wildman–Crippen LogP) is 3.22. The fourth-order valence-electron chi connectivity index (χ4n) is 1.39. The first-order chi connectivity index (χ1) is 9.70. The number of rotatable bonds is 4. The molecule has 0 atom stereocenters. The Labute approximate surface area is 137 Å². The number of thiophene rings is 1. The van der Waals surface area contributed by atoms with Crippen LogP contribution in [0.15, 0.2) is 32.9 Å². The van der Waals surface area contributed by atoms with Crippen LogP contribution < -0.4 is 10.5 Å². The van der Waals surface area contributed by atoms with E-state index in [2.05, 4.69) is 15.9 Å². The second-order valence-electron chi connectivity index (χ2n) is 3.83. The molecule has 0 amide bonds. The Balaban J connectivity index is 2.37. The smallest absolute Gasteiger partial charge is 0.271 e. The zero-order chi connectivity index (χ0) is 15.8. The molecule has 0 fully saturated rings. The molecule has 1 aromatic carbocycles. The average molecular weight is 413 g/mol. The first kappa shape index (κ1) is 16.3. The minimum Gasteiger partial charge on any atom is -0.389 e. The van der Waals surface area contributed by atoms with Crippen LogP contribution in [0, 0.1) is 11.6 Å². The van der Waals surface area contributed by atoms with E-state index >= 15 is 0 Å². The zero-order valence-corrected chi connectivity index (χ0v) is 14.1.